The van der Waals surface area contributed by atoms with Crippen LogP contribution in [0.25, 0.3) is 10.8 Å². The Labute approximate surface area is 134 Å². The van der Waals surface area contributed by atoms with Gasteiger partial charge in [0.15, 0.2) is 0 Å². The van der Waals surface area contributed by atoms with Crippen molar-refractivity contribution >= 4 is 16.7 Å². The number of hydrogen-bond donors (Lipinski definition) is 1. The van der Waals surface area contributed by atoms with Crippen LogP contribution in [0.3, 0.4) is 0 Å². The lowest BCUT2D eigenvalue weighted by molar-refractivity contribution is 0.0697. The van der Waals surface area contributed by atoms with Crippen molar-refractivity contribution in [1.82, 2.24) is 0 Å². The molecule has 3 aromatic rings. The van der Waals surface area contributed by atoms with E-state index in [4.69, 9.17) is 5.11 Å². The fraction of sp³-hybridized carbons (Fsp3) is 0.100. The van der Waals surface area contributed by atoms with Crippen molar-refractivity contribution in [3.8, 4) is 6.07 Å². The summed E-state index contributed by atoms with van der Waals surface area (Å²) in [6.45, 7) is 0. The molecule has 3 rings (SSSR count). The molecule has 3 heteroatoms. The van der Waals surface area contributed by atoms with Gasteiger partial charge >= 0.3 is 5.97 Å². The Morgan fingerprint density at radius 2 is 1.70 bits per heavy atom. The van der Waals surface area contributed by atoms with Crippen LogP contribution in [0, 0.1) is 11.3 Å². The van der Waals surface area contributed by atoms with Gasteiger partial charge in [0, 0.05) is 0 Å². The maximum atomic E-state index is 10.9. The van der Waals surface area contributed by atoms with Gasteiger partial charge in [-0.1, -0.05) is 54.6 Å². The molecule has 0 spiro atoms. The van der Waals surface area contributed by atoms with Crippen molar-refractivity contribution in [2.45, 2.75) is 12.3 Å². The fourth-order valence-corrected chi connectivity index (χ4v) is 2.79. The molecular formula is C20H15NO2. The number of carboxylic acids is 1. The fourth-order valence-electron chi connectivity index (χ4n) is 2.79. The van der Waals surface area contributed by atoms with Crippen LogP contribution < -0.4 is 0 Å². The highest BCUT2D eigenvalue weighted by Crippen LogP contribution is 2.26. The lowest BCUT2D eigenvalue weighted by atomic mass is 9.90. The average Bonchev–Trinajstić information content (AvgIpc) is 2.60. The first kappa shape index (κ1) is 14.8. The number of benzene rings is 3. The number of carboxylic acid groups (broad SMARTS) is 1. The highest BCUT2D eigenvalue weighted by atomic mass is 16.4. The molecule has 3 nitrogen and oxygen atoms in total. The highest BCUT2D eigenvalue weighted by Gasteiger charge is 2.14. The third-order valence-electron chi connectivity index (χ3n) is 4.02. The summed E-state index contributed by atoms with van der Waals surface area (Å²) in [6, 6.07) is 23.1. The summed E-state index contributed by atoms with van der Waals surface area (Å²) in [6.07, 6.45) is 0.601. The minimum absolute atomic E-state index is 0.232. The number of carbonyl (C=O) groups is 1. The third kappa shape index (κ3) is 3.07. The van der Waals surface area contributed by atoms with Crippen molar-refractivity contribution in [3.05, 3.63) is 83.4 Å². The van der Waals surface area contributed by atoms with Crippen LogP contribution in [0.1, 0.15) is 27.4 Å². The van der Waals surface area contributed by atoms with Crippen molar-refractivity contribution in [3.63, 3.8) is 0 Å². The molecular weight excluding hydrogens is 286 g/mol. The molecule has 0 aliphatic carbocycles. The van der Waals surface area contributed by atoms with E-state index in [9.17, 15) is 10.1 Å². The molecule has 0 aliphatic rings. The summed E-state index contributed by atoms with van der Waals surface area (Å²) in [5.74, 6) is -1.26. The lowest BCUT2D eigenvalue weighted by Gasteiger charge is -2.12. The average molecular weight is 301 g/mol. The predicted octanol–water partition coefficient (Wildman–Crippen LogP) is 4.39. The SMILES string of the molecule is N#CC(Cc1cccc2ccccc12)c1ccc(C(=O)O)cc1. The van der Waals surface area contributed by atoms with Gasteiger partial charge in [-0.3, -0.25) is 0 Å². The van der Waals surface area contributed by atoms with Crippen LogP contribution in [-0.2, 0) is 6.42 Å². The van der Waals surface area contributed by atoms with Gasteiger partial charge in [-0.2, -0.15) is 5.26 Å². The second-order valence-corrected chi connectivity index (χ2v) is 5.45. The van der Waals surface area contributed by atoms with E-state index in [-0.39, 0.29) is 11.5 Å². The van der Waals surface area contributed by atoms with Gasteiger partial charge in [0.05, 0.1) is 17.6 Å². The molecule has 112 valence electrons. The van der Waals surface area contributed by atoms with E-state index in [1.54, 1.807) is 24.3 Å². The van der Waals surface area contributed by atoms with Crippen LogP contribution in [0.4, 0.5) is 0 Å². The Kier molecular flexibility index (Phi) is 4.07. The van der Waals surface area contributed by atoms with Crippen LogP contribution in [0.5, 0.6) is 0 Å². The van der Waals surface area contributed by atoms with Gasteiger partial charge in [-0.25, -0.2) is 4.79 Å². The summed E-state index contributed by atoms with van der Waals surface area (Å²) < 4.78 is 0. The first-order valence-corrected chi connectivity index (χ1v) is 7.38. The molecule has 0 radical (unpaired) electrons. The number of fused-ring (bicyclic) bond motifs is 1. The zero-order valence-electron chi connectivity index (χ0n) is 12.4. The standard InChI is InChI=1S/C20H15NO2/c21-13-18(14-8-10-16(11-9-14)20(22)23)12-17-6-3-5-15-4-1-2-7-19(15)17/h1-11,18H,12H2,(H,22,23). The van der Waals surface area contributed by atoms with Crippen LogP contribution in [-0.4, -0.2) is 11.1 Å². The predicted molar refractivity (Wildman–Crippen MR) is 89.4 cm³/mol. The Morgan fingerprint density at radius 3 is 2.39 bits per heavy atom. The largest absolute Gasteiger partial charge is 0.478 e. The third-order valence-corrected chi connectivity index (χ3v) is 4.02. The van der Waals surface area contributed by atoms with E-state index in [1.165, 1.54) is 0 Å². The highest BCUT2D eigenvalue weighted by molar-refractivity contribution is 5.87. The number of aromatic carboxylic acids is 1. The Hall–Kier alpha value is -3.12. The van der Waals surface area contributed by atoms with Gasteiger partial charge in [-0.05, 0) is 40.5 Å². The molecule has 3 aromatic carbocycles. The number of nitrogens with zero attached hydrogens (tertiary/aromatic N) is 1. The zero-order chi connectivity index (χ0) is 16.2. The maximum Gasteiger partial charge on any atom is 0.335 e. The topological polar surface area (TPSA) is 61.1 Å². The Morgan fingerprint density at radius 1 is 1.00 bits per heavy atom. The number of nitriles is 1. The molecule has 0 saturated heterocycles. The molecule has 0 bridgehead atoms. The quantitative estimate of drug-likeness (QED) is 0.777. The molecule has 1 unspecified atom stereocenters. The van der Waals surface area contributed by atoms with Crippen molar-refractivity contribution in [2.24, 2.45) is 0 Å². The van der Waals surface area contributed by atoms with E-state index >= 15 is 0 Å². The minimum atomic E-state index is -0.959. The van der Waals surface area contributed by atoms with Crippen molar-refractivity contribution < 1.29 is 9.90 Å². The lowest BCUT2D eigenvalue weighted by Crippen LogP contribution is -2.02. The van der Waals surface area contributed by atoms with E-state index < -0.39 is 5.97 Å². The van der Waals surface area contributed by atoms with Gasteiger partial charge in [0.25, 0.3) is 0 Å². The Balaban J connectivity index is 1.92. The van der Waals surface area contributed by atoms with Crippen molar-refractivity contribution in [2.75, 3.05) is 0 Å². The summed E-state index contributed by atoms with van der Waals surface area (Å²) >= 11 is 0. The molecule has 0 aliphatic heterocycles. The normalized spacial score (nSPS) is 11.8. The van der Waals surface area contributed by atoms with Crippen LogP contribution >= 0.6 is 0 Å². The number of rotatable bonds is 4. The summed E-state index contributed by atoms with van der Waals surface area (Å²) in [5, 5.41) is 20.8. The first-order chi connectivity index (χ1) is 11.2. The monoisotopic (exact) mass is 301 g/mol. The molecule has 0 aromatic heterocycles. The smallest absolute Gasteiger partial charge is 0.335 e. The first-order valence-electron chi connectivity index (χ1n) is 7.38. The van der Waals surface area contributed by atoms with Gasteiger partial charge < -0.3 is 5.11 Å². The summed E-state index contributed by atoms with van der Waals surface area (Å²) in [4.78, 5) is 10.9. The number of hydrogen-bond acceptors (Lipinski definition) is 2. The van der Waals surface area contributed by atoms with Gasteiger partial charge in [0.1, 0.15) is 0 Å². The molecule has 0 amide bonds. The zero-order valence-corrected chi connectivity index (χ0v) is 12.4. The molecule has 0 saturated carbocycles. The molecule has 0 heterocycles. The second-order valence-electron chi connectivity index (χ2n) is 5.45. The Bertz CT molecular complexity index is 886. The van der Waals surface area contributed by atoms with Gasteiger partial charge in [0.2, 0.25) is 0 Å². The van der Waals surface area contributed by atoms with Crippen LogP contribution in [0.15, 0.2) is 66.7 Å². The minimum Gasteiger partial charge on any atom is -0.478 e. The molecule has 23 heavy (non-hydrogen) atoms. The summed E-state index contributed by atoms with van der Waals surface area (Å²) in [7, 11) is 0. The molecule has 1 atom stereocenters. The van der Waals surface area contributed by atoms with Crippen molar-refractivity contribution in [1.29, 1.82) is 5.26 Å². The van der Waals surface area contributed by atoms with E-state index in [0.29, 0.717) is 6.42 Å². The molecule has 0 fully saturated rings. The van der Waals surface area contributed by atoms with E-state index in [2.05, 4.69) is 24.3 Å². The van der Waals surface area contributed by atoms with Crippen LogP contribution in [0.2, 0.25) is 0 Å². The second kappa shape index (κ2) is 6.33. The molecule has 1 N–H and O–H groups in total. The van der Waals surface area contributed by atoms with E-state index in [0.717, 1.165) is 21.9 Å². The van der Waals surface area contributed by atoms with E-state index in [1.807, 2.05) is 24.3 Å². The van der Waals surface area contributed by atoms with Gasteiger partial charge in [-0.15, -0.1) is 0 Å². The maximum absolute atomic E-state index is 10.9. The summed E-state index contributed by atoms with van der Waals surface area (Å²) in [5.41, 5.74) is 2.19.